The van der Waals surface area contributed by atoms with E-state index in [1.807, 2.05) is 48.5 Å². The van der Waals surface area contributed by atoms with Crippen molar-refractivity contribution in [2.45, 2.75) is 9.92 Å². The van der Waals surface area contributed by atoms with E-state index in [4.69, 9.17) is 17.3 Å². The molecule has 0 saturated carbocycles. The molecule has 0 aliphatic rings. The molecule has 0 unspecified atom stereocenters. The van der Waals surface area contributed by atoms with Crippen LogP contribution in [0.2, 0.25) is 5.02 Å². The Labute approximate surface area is 119 Å². The van der Waals surface area contributed by atoms with Crippen molar-refractivity contribution < 1.29 is 0 Å². The number of benzene rings is 2. The fraction of sp³-hybridized carbons (Fsp3) is 0. The Balaban J connectivity index is 2.06. The summed E-state index contributed by atoms with van der Waals surface area (Å²) in [5, 5.41) is 1.36. The van der Waals surface area contributed by atoms with Crippen molar-refractivity contribution in [1.29, 1.82) is 0 Å². The molecule has 3 rings (SSSR count). The summed E-state index contributed by atoms with van der Waals surface area (Å²) < 4.78 is 0. The van der Waals surface area contributed by atoms with Crippen LogP contribution in [0.1, 0.15) is 0 Å². The van der Waals surface area contributed by atoms with Gasteiger partial charge < -0.3 is 5.73 Å². The number of para-hydroxylation sites is 2. The first-order valence-corrected chi connectivity index (χ1v) is 6.88. The Morgan fingerprint density at radius 3 is 2.26 bits per heavy atom. The molecule has 0 bridgehead atoms. The Morgan fingerprint density at radius 1 is 0.895 bits per heavy atom. The molecule has 2 N–H and O–H groups in total. The molecular weight excluding hydrogens is 278 g/mol. The maximum Gasteiger partial charge on any atom is 0.157 e. The number of nitrogens with zero attached hydrogens (tertiary/aromatic N) is 2. The number of aromatic nitrogens is 2. The lowest BCUT2D eigenvalue weighted by Gasteiger charge is -2.06. The summed E-state index contributed by atoms with van der Waals surface area (Å²) in [5.74, 6) is 0.420. The highest BCUT2D eigenvalue weighted by Gasteiger charge is 2.09. The average Bonchev–Trinajstić information content (AvgIpc) is 2.42. The van der Waals surface area contributed by atoms with Gasteiger partial charge in [0, 0.05) is 4.90 Å². The number of anilines is 1. The monoisotopic (exact) mass is 287 g/mol. The molecular formula is C14H10ClN3S. The van der Waals surface area contributed by atoms with Crippen LogP contribution in [-0.4, -0.2) is 9.97 Å². The molecule has 2 aromatic carbocycles. The highest BCUT2D eigenvalue weighted by Crippen LogP contribution is 2.34. The van der Waals surface area contributed by atoms with Crippen LogP contribution < -0.4 is 5.73 Å². The predicted octanol–water partition coefficient (Wildman–Crippen LogP) is 4.02. The Morgan fingerprint density at radius 2 is 1.53 bits per heavy atom. The molecule has 0 atom stereocenters. The first-order chi connectivity index (χ1) is 9.24. The van der Waals surface area contributed by atoms with E-state index in [9.17, 15) is 0 Å². The normalized spacial score (nSPS) is 10.8. The zero-order chi connectivity index (χ0) is 13.2. The molecule has 0 radical (unpaired) electrons. The molecule has 1 heterocycles. The van der Waals surface area contributed by atoms with Crippen molar-refractivity contribution in [3.8, 4) is 0 Å². The van der Waals surface area contributed by atoms with Crippen molar-refractivity contribution >= 4 is 40.2 Å². The number of fused-ring (bicyclic) bond motifs is 1. The number of hydrogen-bond donors (Lipinski definition) is 1. The van der Waals surface area contributed by atoms with Crippen LogP contribution in [0.5, 0.6) is 0 Å². The highest BCUT2D eigenvalue weighted by atomic mass is 35.5. The van der Waals surface area contributed by atoms with Crippen LogP contribution in [0.4, 0.5) is 5.82 Å². The maximum absolute atomic E-state index is 6.13. The lowest BCUT2D eigenvalue weighted by molar-refractivity contribution is 1.13. The SMILES string of the molecule is Nc1nc2ccccc2nc1Sc1ccccc1Cl. The fourth-order valence-corrected chi connectivity index (χ4v) is 2.77. The smallest absolute Gasteiger partial charge is 0.157 e. The lowest BCUT2D eigenvalue weighted by atomic mass is 10.3. The molecule has 0 aliphatic carbocycles. The third-order valence-electron chi connectivity index (χ3n) is 2.61. The summed E-state index contributed by atoms with van der Waals surface area (Å²) in [7, 11) is 0. The number of rotatable bonds is 2. The minimum Gasteiger partial charge on any atom is -0.381 e. The second-order valence-electron chi connectivity index (χ2n) is 3.94. The molecule has 0 fully saturated rings. The molecule has 0 saturated heterocycles. The van der Waals surface area contributed by atoms with Crippen LogP contribution in [0.3, 0.4) is 0 Å². The van der Waals surface area contributed by atoms with E-state index < -0.39 is 0 Å². The van der Waals surface area contributed by atoms with Gasteiger partial charge in [0.2, 0.25) is 0 Å². The summed E-state index contributed by atoms with van der Waals surface area (Å²) in [4.78, 5) is 9.80. The third-order valence-corrected chi connectivity index (χ3v) is 4.12. The van der Waals surface area contributed by atoms with Crippen molar-refractivity contribution in [1.82, 2.24) is 9.97 Å². The van der Waals surface area contributed by atoms with E-state index in [0.717, 1.165) is 15.9 Å². The van der Waals surface area contributed by atoms with Gasteiger partial charge in [0.15, 0.2) is 5.82 Å². The molecule has 0 spiro atoms. The molecule has 5 heteroatoms. The van der Waals surface area contributed by atoms with Gasteiger partial charge >= 0.3 is 0 Å². The first-order valence-electron chi connectivity index (χ1n) is 5.69. The van der Waals surface area contributed by atoms with Crippen molar-refractivity contribution in [2.75, 3.05) is 5.73 Å². The van der Waals surface area contributed by atoms with Gasteiger partial charge in [0.1, 0.15) is 5.03 Å². The summed E-state index contributed by atoms with van der Waals surface area (Å²) in [6, 6.07) is 15.2. The third kappa shape index (κ3) is 2.50. The molecule has 0 aliphatic heterocycles. The zero-order valence-electron chi connectivity index (χ0n) is 9.88. The van der Waals surface area contributed by atoms with Crippen LogP contribution in [0, 0.1) is 0 Å². The minimum atomic E-state index is 0.420. The number of nitrogens with two attached hydrogens (primary N) is 1. The molecule has 3 aromatic rings. The average molecular weight is 288 g/mol. The van der Waals surface area contributed by atoms with Gasteiger partial charge in [-0.05, 0) is 24.3 Å². The maximum atomic E-state index is 6.13. The lowest BCUT2D eigenvalue weighted by Crippen LogP contribution is -1.97. The second-order valence-corrected chi connectivity index (χ2v) is 5.37. The van der Waals surface area contributed by atoms with Gasteiger partial charge in [-0.25, -0.2) is 9.97 Å². The largest absolute Gasteiger partial charge is 0.381 e. The van der Waals surface area contributed by atoms with Crippen LogP contribution in [0.15, 0.2) is 58.5 Å². The summed E-state index contributed by atoms with van der Waals surface area (Å²) in [6.07, 6.45) is 0. The van der Waals surface area contributed by atoms with Crippen LogP contribution in [-0.2, 0) is 0 Å². The first kappa shape index (κ1) is 12.3. The Bertz CT molecular complexity index is 746. The Hall–Kier alpha value is -1.78. The Kier molecular flexibility index (Phi) is 3.27. The topological polar surface area (TPSA) is 51.8 Å². The van der Waals surface area contributed by atoms with Crippen LogP contribution in [0.25, 0.3) is 11.0 Å². The van der Waals surface area contributed by atoms with Gasteiger partial charge in [-0.15, -0.1) is 0 Å². The molecule has 94 valence electrons. The van der Waals surface area contributed by atoms with E-state index in [-0.39, 0.29) is 0 Å². The van der Waals surface area contributed by atoms with Crippen LogP contribution >= 0.6 is 23.4 Å². The quantitative estimate of drug-likeness (QED) is 0.773. The number of nitrogen functional groups attached to an aromatic ring is 1. The summed E-state index contributed by atoms with van der Waals surface area (Å²) in [5.41, 5.74) is 7.57. The standard InChI is InChI=1S/C14H10ClN3S/c15-9-5-1-4-8-12(9)19-14-13(16)17-10-6-2-3-7-11(10)18-14/h1-8H,(H2,16,17). The van der Waals surface area contributed by atoms with E-state index in [1.165, 1.54) is 11.8 Å². The van der Waals surface area contributed by atoms with Crippen molar-refractivity contribution in [3.05, 3.63) is 53.6 Å². The van der Waals surface area contributed by atoms with Gasteiger partial charge in [-0.1, -0.05) is 47.6 Å². The van der Waals surface area contributed by atoms with Gasteiger partial charge in [0.25, 0.3) is 0 Å². The van der Waals surface area contributed by atoms with Gasteiger partial charge in [-0.2, -0.15) is 0 Å². The van der Waals surface area contributed by atoms with E-state index in [2.05, 4.69) is 9.97 Å². The zero-order valence-corrected chi connectivity index (χ0v) is 11.4. The van der Waals surface area contributed by atoms with Crippen molar-refractivity contribution in [2.24, 2.45) is 0 Å². The molecule has 0 amide bonds. The number of halogens is 1. The molecule has 19 heavy (non-hydrogen) atoms. The minimum absolute atomic E-state index is 0.420. The predicted molar refractivity (Wildman–Crippen MR) is 79.5 cm³/mol. The number of hydrogen-bond acceptors (Lipinski definition) is 4. The summed E-state index contributed by atoms with van der Waals surface area (Å²) >= 11 is 7.56. The molecule has 3 nitrogen and oxygen atoms in total. The van der Waals surface area contributed by atoms with Crippen molar-refractivity contribution in [3.63, 3.8) is 0 Å². The molecule has 1 aromatic heterocycles. The van der Waals surface area contributed by atoms with E-state index in [1.54, 1.807) is 0 Å². The van der Waals surface area contributed by atoms with Gasteiger partial charge in [0.05, 0.1) is 16.1 Å². The van der Waals surface area contributed by atoms with Gasteiger partial charge in [-0.3, -0.25) is 0 Å². The highest BCUT2D eigenvalue weighted by molar-refractivity contribution is 7.99. The fourth-order valence-electron chi connectivity index (χ4n) is 1.70. The van der Waals surface area contributed by atoms with E-state index in [0.29, 0.717) is 15.9 Å². The van der Waals surface area contributed by atoms with E-state index >= 15 is 0 Å². The second kappa shape index (κ2) is 5.07. The summed E-state index contributed by atoms with van der Waals surface area (Å²) in [6.45, 7) is 0.